The second-order valence-corrected chi connectivity index (χ2v) is 5.83. The van der Waals surface area contributed by atoms with Gasteiger partial charge in [-0.05, 0) is 26.3 Å². The monoisotopic (exact) mass is 264 g/mol. The number of unbranched alkanes of at least 4 members (excludes halogenated alkanes) is 9. The Morgan fingerprint density at radius 2 is 1.37 bits per heavy atom. The molecule has 0 saturated heterocycles. The molecule has 1 heterocycles. The Kier molecular flexibility index (Phi) is 8.61. The van der Waals surface area contributed by atoms with Crippen LogP contribution in [0.15, 0.2) is 6.07 Å². The van der Waals surface area contributed by atoms with Crippen LogP contribution in [0.3, 0.4) is 0 Å². The second-order valence-electron chi connectivity index (χ2n) is 5.83. The number of rotatable bonds is 11. The van der Waals surface area contributed by atoms with E-state index in [2.05, 4.69) is 36.6 Å². The summed E-state index contributed by atoms with van der Waals surface area (Å²) in [5.41, 5.74) is 2.44. The van der Waals surface area contributed by atoms with Gasteiger partial charge in [0.1, 0.15) is 0 Å². The zero-order valence-electron chi connectivity index (χ0n) is 13.2. The molecule has 1 rings (SSSR count). The number of hydrogen-bond donors (Lipinski definition) is 0. The van der Waals surface area contributed by atoms with E-state index >= 15 is 0 Å². The Balaban J connectivity index is 1.90. The van der Waals surface area contributed by atoms with Gasteiger partial charge in [-0.1, -0.05) is 64.7 Å². The largest absolute Gasteiger partial charge is 0.270 e. The average Bonchev–Trinajstić information content (AvgIpc) is 2.70. The van der Waals surface area contributed by atoms with Crippen LogP contribution >= 0.6 is 0 Å². The minimum atomic E-state index is 1.09. The SMILES string of the molecule is CCCCCCCCCCCCn1nc(C)cc1C. The van der Waals surface area contributed by atoms with Gasteiger partial charge in [0.25, 0.3) is 0 Å². The Morgan fingerprint density at radius 1 is 0.842 bits per heavy atom. The number of aryl methyl sites for hydroxylation is 3. The zero-order chi connectivity index (χ0) is 13.9. The lowest BCUT2D eigenvalue weighted by atomic mass is 10.1. The van der Waals surface area contributed by atoms with Crippen LogP contribution < -0.4 is 0 Å². The summed E-state index contributed by atoms with van der Waals surface area (Å²) in [6.45, 7) is 7.59. The van der Waals surface area contributed by atoms with E-state index < -0.39 is 0 Å². The molecule has 0 bridgehead atoms. The maximum Gasteiger partial charge on any atom is 0.0596 e. The van der Waals surface area contributed by atoms with Crippen molar-refractivity contribution in [1.82, 2.24) is 9.78 Å². The highest BCUT2D eigenvalue weighted by atomic mass is 15.3. The molecular weight excluding hydrogens is 232 g/mol. The zero-order valence-corrected chi connectivity index (χ0v) is 13.2. The summed E-state index contributed by atoms with van der Waals surface area (Å²) in [6, 6.07) is 2.16. The summed E-state index contributed by atoms with van der Waals surface area (Å²) >= 11 is 0. The first-order valence-electron chi connectivity index (χ1n) is 8.25. The predicted molar refractivity (Wildman–Crippen MR) is 83.5 cm³/mol. The van der Waals surface area contributed by atoms with Gasteiger partial charge in [0.05, 0.1) is 5.69 Å². The summed E-state index contributed by atoms with van der Waals surface area (Å²) in [5.74, 6) is 0. The Labute approximate surface area is 119 Å². The van der Waals surface area contributed by atoms with E-state index in [1.54, 1.807) is 0 Å². The van der Waals surface area contributed by atoms with E-state index in [0.717, 1.165) is 12.2 Å². The van der Waals surface area contributed by atoms with Crippen LogP contribution in [0.1, 0.15) is 82.5 Å². The van der Waals surface area contributed by atoms with Crippen molar-refractivity contribution >= 4 is 0 Å². The van der Waals surface area contributed by atoms with Gasteiger partial charge in [-0.2, -0.15) is 5.10 Å². The molecule has 1 aromatic heterocycles. The summed E-state index contributed by atoms with van der Waals surface area (Å²) < 4.78 is 2.15. The fourth-order valence-corrected chi connectivity index (χ4v) is 2.65. The molecule has 0 N–H and O–H groups in total. The van der Waals surface area contributed by atoms with Crippen LogP contribution in [-0.4, -0.2) is 9.78 Å². The molecule has 0 aliphatic heterocycles. The van der Waals surface area contributed by atoms with Gasteiger partial charge in [0.2, 0.25) is 0 Å². The van der Waals surface area contributed by atoms with E-state index in [-0.39, 0.29) is 0 Å². The molecule has 110 valence electrons. The van der Waals surface area contributed by atoms with Crippen LogP contribution in [0.25, 0.3) is 0 Å². The Hall–Kier alpha value is -0.790. The molecule has 0 radical (unpaired) electrons. The van der Waals surface area contributed by atoms with Gasteiger partial charge < -0.3 is 0 Å². The summed E-state index contributed by atoms with van der Waals surface area (Å²) in [5, 5.41) is 4.50. The molecule has 0 aliphatic rings. The van der Waals surface area contributed by atoms with E-state index in [4.69, 9.17) is 0 Å². The molecule has 0 saturated carbocycles. The lowest BCUT2D eigenvalue weighted by molar-refractivity contribution is 0.508. The molecule has 0 fully saturated rings. The minimum Gasteiger partial charge on any atom is -0.270 e. The first-order valence-corrected chi connectivity index (χ1v) is 8.25. The summed E-state index contributed by atoms with van der Waals surface area (Å²) in [6.07, 6.45) is 14.0. The van der Waals surface area contributed by atoms with Gasteiger partial charge in [-0.15, -0.1) is 0 Å². The highest BCUT2D eigenvalue weighted by molar-refractivity contribution is 5.06. The van der Waals surface area contributed by atoms with Crippen LogP contribution in [0.4, 0.5) is 0 Å². The first-order chi connectivity index (χ1) is 9.24. The average molecular weight is 264 g/mol. The molecule has 0 amide bonds. The third-order valence-electron chi connectivity index (χ3n) is 3.83. The number of aromatic nitrogens is 2. The minimum absolute atomic E-state index is 1.09. The molecular formula is C17H32N2. The lowest BCUT2D eigenvalue weighted by Gasteiger charge is -2.04. The quantitative estimate of drug-likeness (QED) is 0.488. The van der Waals surface area contributed by atoms with Crippen LogP contribution in [-0.2, 0) is 6.54 Å². The first kappa shape index (κ1) is 16.3. The van der Waals surface area contributed by atoms with Crippen molar-refractivity contribution < 1.29 is 0 Å². The summed E-state index contributed by atoms with van der Waals surface area (Å²) in [7, 11) is 0. The van der Waals surface area contributed by atoms with E-state index in [0.29, 0.717) is 0 Å². The molecule has 0 spiro atoms. The van der Waals surface area contributed by atoms with Crippen LogP contribution in [0.2, 0.25) is 0 Å². The fraction of sp³-hybridized carbons (Fsp3) is 0.824. The van der Waals surface area contributed by atoms with Gasteiger partial charge in [-0.3, -0.25) is 4.68 Å². The van der Waals surface area contributed by atoms with Gasteiger partial charge >= 0.3 is 0 Å². The smallest absolute Gasteiger partial charge is 0.0596 e. The van der Waals surface area contributed by atoms with Crippen molar-refractivity contribution in [2.45, 2.75) is 91.5 Å². The molecule has 0 unspecified atom stereocenters. The maximum atomic E-state index is 4.50. The molecule has 2 heteroatoms. The van der Waals surface area contributed by atoms with Gasteiger partial charge in [-0.25, -0.2) is 0 Å². The highest BCUT2D eigenvalue weighted by Gasteiger charge is 1.99. The second kappa shape index (κ2) is 10.1. The van der Waals surface area contributed by atoms with Crippen molar-refractivity contribution in [2.75, 3.05) is 0 Å². The Bertz CT molecular complexity index is 328. The molecule has 1 aromatic rings. The van der Waals surface area contributed by atoms with Crippen molar-refractivity contribution in [2.24, 2.45) is 0 Å². The van der Waals surface area contributed by atoms with Crippen molar-refractivity contribution in [3.05, 3.63) is 17.5 Å². The summed E-state index contributed by atoms with van der Waals surface area (Å²) in [4.78, 5) is 0. The standard InChI is InChI=1S/C17H32N2/c1-4-5-6-7-8-9-10-11-12-13-14-19-17(3)15-16(2)18-19/h15H,4-14H2,1-3H3. The van der Waals surface area contributed by atoms with Crippen molar-refractivity contribution in [3.63, 3.8) is 0 Å². The van der Waals surface area contributed by atoms with Crippen molar-refractivity contribution in [1.29, 1.82) is 0 Å². The molecule has 19 heavy (non-hydrogen) atoms. The van der Waals surface area contributed by atoms with Crippen LogP contribution in [0.5, 0.6) is 0 Å². The molecule has 2 nitrogen and oxygen atoms in total. The van der Waals surface area contributed by atoms with Crippen LogP contribution in [0, 0.1) is 13.8 Å². The predicted octanol–water partition coefficient (Wildman–Crippen LogP) is 5.42. The molecule has 0 atom stereocenters. The topological polar surface area (TPSA) is 17.8 Å². The third-order valence-corrected chi connectivity index (χ3v) is 3.83. The molecule has 0 aromatic carbocycles. The maximum absolute atomic E-state index is 4.50. The third kappa shape index (κ3) is 7.39. The van der Waals surface area contributed by atoms with Gasteiger partial charge in [0, 0.05) is 12.2 Å². The van der Waals surface area contributed by atoms with E-state index in [1.165, 1.54) is 69.9 Å². The number of nitrogens with zero attached hydrogens (tertiary/aromatic N) is 2. The molecule has 0 aliphatic carbocycles. The fourth-order valence-electron chi connectivity index (χ4n) is 2.65. The lowest BCUT2D eigenvalue weighted by Crippen LogP contribution is -2.02. The number of hydrogen-bond acceptors (Lipinski definition) is 1. The normalized spacial score (nSPS) is 11.1. The Morgan fingerprint density at radius 3 is 1.84 bits per heavy atom. The van der Waals surface area contributed by atoms with Crippen molar-refractivity contribution in [3.8, 4) is 0 Å². The van der Waals surface area contributed by atoms with E-state index in [9.17, 15) is 0 Å². The van der Waals surface area contributed by atoms with Gasteiger partial charge in [0.15, 0.2) is 0 Å². The highest BCUT2D eigenvalue weighted by Crippen LogP contribution is 2.11. The van der Waals surface area contributed by atoms with E-state index in [1.807, 2.05) is 0 Å².